The predicted molar refractivity (Wildman–Crippen MR) is 136 cm³/mol. The minimum absolute atomic E-state index is 0.00110. The van der Waals surface area contributed by atoms with Crippen LogP contribution in [0.4, 0.5) is 0 Å². The maximum atomic E-state index is 2.81. The van der Waals surface area contributed by atoms with Crippen LogP contribution in [0.15, 0.2) is 42.5 Å². The first-order valence-corrected chi connectivity index (χ1v) is 40.7. The van der Waals surface area contributed by atoms with Crippen molar-refractivity contribution in [3.05, 3.63) is 64.8 Å². The first-order chi connectivity index (χ1) is 13.2. The van der Waals surface area contributed by atoms with E-state index in [1.807, 2.05) is 0 Å². The Labute approximate surface area is 174 Å². The molecule has 0 saturated heterocycles. The van der Waals surface area contributed by atoms with Gasteiger partial charge in [-0.05, 0) is 0 Å². The number of rotatable bonds is 5. The predicted octanol–water partition coefficient (Wildman–Crippen LogP) is 9.92. The van der Waals surface area contributed by atoms with Crippen LogP contribution in [0.1, 0.15) is 55.9 Å². The summed E-state index contributed by atoms with van der Waals surface area (Å²) in [5.41, 5.74) is 6.33. The fourth-order valence-corrected chi connectivity index (χ4v) is 44.5. The molecule has 0 heterocycles. The third-order valence-corrected chi connectivity index (χ3v) is 75.2. The Morgan fingerprint density at radius 1 is 0.933 bits per heavy atom. The molecule has 3 aliphatic carbocycles. The molecule has 1 unspecified atom stereocenters. The molecule has 0 nitrogen and oxygen atoms in total. The second kappa shape index (κ2) is 4.04. The molecule has 30 heavy (non-hydrogen) atoms. The van der Waals surface area contributed by atoms with Crippen molar-refractivity contribution in [2.24, 2.45) is 5.92 Å². The van der Waals surface area contributed by atoms with Crippen LogP contribution in [-0.4, -0.2) is 0 Å². The molecule has 0 saturated carbocycles. The molecule has 0 aromatic heterocycles. The molecule has 0 fully saturated rings. The van der Waals surface area contributed by atoms with E-state index in [0.29, 0.717) is 9.59 Å². The van der Waals surface area contributed by atoms with Crippen LogP contribution in [0.5, 0.6) is 0 Å². The quantitative estimate of drug-likeness (QED) is 0.307. The Morgan fingerprint density at radius 3 is 2.03 bits per heavy atom. The minimum atomic E-state index is -5.67. The molecular formula is C29H47Hf. The molecule has 4 rings (SSSR count). The van der Waals surface area contributed by atoms with E-state index in [2.05, 4.69) is 97.4 Å². The number of benzene rings is 1. The molecule has 0 aliphatic heterocycles. The van der Waals surface area contributed by atoms with Gasteiger partial charge in [0, 0.05) is 0 Å². The summed E-state index contributed by atoms with van der Waals surface area (Å²) >= 11 is -5.67. The molecule has 1 atom stereocenters. The van der Waals surface area contributed by atoms with E-state index >= 15 is 0 Å². The van der Waals surface area contributed by atoms with Gasteiger partial charge < -0.3 is 0 Å². The molecule has 1 heteroatoms. The summed E-state index contributed by atoms with van der Waals surface area (Å²) in [7, 11) is 0. The average molecular weight is 574 g/mol. The zero-order valence-corrected chi connectivity index (χ0v) is 24.9. The number of hydrogen-bond donors (Lipinski definition) is 0. The average Bonchev–Trinajstić information content (AvgIpc) is 3.33. The third-order valence-electron chi connectivity index (χ3n) is 12.9. The zero-order valence-electron chi connectivity index (χ0n) is 21.3. The fraction of sp³-hybridized carbons (Fsp3) is 0.586. The van der Waals surface area contributed by atoms with Crippen LogP contribution in [0.2, 0.25) is 35.9 Å². The monoisotopic (exact) mass is 575 g/mol. The molecule has 0 bridgehead atoms. The number of fused-ring (bicyclic) bond motifs is 2. The van der Waals surface area contributed by atoms with Gasteiger partial charge in [0.25, 0.3) is 0 Å². The summed E-state index contributed by atoms with van der Waals surface area (Å²) in [6, 6.07) is 5.21. The van der Waals surface area contributed by atoms with Crippen molar-refractivity contribution in [1.29, 1.82) is 0 Å². The van der Waals surface area contributed by atoms with E-state index in [9.17, 15) is 0 Å². The van der Waals surface area contributed by atoms with E-state index in [0.717, 1.165) is 0 Å². The van der Waals surface area contributed by atoms with Gasteiger partial charge in [-0.25, -0.2) is 0 Å². The van der Waals surface area contributed by atoms with Crippen LogP contribution in [0.3, 0.4) is 0 Å². The zero-order chi connectivity index (χ0) is 22.5. The topological polar surface area (TPSA) is 0 Å². The molecule has 0 amide bonds. The van der Waals surface area contributed by atoms with Crippen molar-refractivity contribution in [1.82, 2.24) is 0 Å². The summed E-state index contributed by atoms with van der Waals surface area (Å²) < 4.78 is 18.5. The molecule has 0 N–H and O–H groups in total. The summed E-state index contributed by atoms with van der Waals surface area (Å²) in [6.07, 6.45) is 19.9. The Morgan fingerprint density at radius 2 is 1.50 bits per heavy atom. The van der Waals surface area contributed by atoms with Crippen molar-refractivity contribution >= 4 is 6.08 Å². The van der Waals surface area contributed by atoms with Crippen LogP contribution in [0, 0.1) is 5.92 Å². The first kappa shape index (κ1) is 22.5. The summed E-state index contributed by atoms with van der Waals surface area (Å²) in [4.78, 5) is 0. The second-order valence-corrected chi connectivity index (χ2v) is 125. The van der Waals surface area contributed by atoms with Gasteiger partial charge in [-0.15, -0.1) is 0 Å². The van der Waals surface area contributed by atoms with Gasteiger partial charge in [0.15, 0.2) is 0 Å². The Hall–Kier alpha value is -0.690. The summed E-state index contributed by atoms with van der Waals surface area (Å²) in [5, 5.41) is 0. The number of hydrogen-bond acceptors (Lipinski definition) is 0. The van der Waals surface area contributed by atoms with Gasteiger partial charge in [-0.1, -0.05) is 0 Å². The summed E-state index contributed by atoms with van der Waals surface area (Å²) in [6.45, 7) is 7.37. The fourth-order valence-electron chi connectivity index (χ4n) is 8.31. The van der Waals surface area contributed by atoms with Gasteiger partial charge >= 0.3 is 175 Å². The summed E-state index contributed by atoms with van der Waals surface area (Å²) in [5.74, 6) is 0.619. The molecule has 1 aromatic carbocycles. The molecule has 1 aromatic rings. The molecule has 0 radical (unpaired) electrons. The van der Waals surface area contributed by atoms with Crippen molar-refractivity contribution in [2.45, 2.75) is 85.6 Å². The van der Waals surface area contributed by atoms with Gasteiger partial charge in [-0.3, -0.25) is 0 Å². The van der Waals surface area contributed by atoms with Gasteiger partial charge in [-0.2, -0.15) is 0 Å². The normalized spacial score (nSPS) is 30.1. The van der Waals surface area contributed by atoms with Gasteiger partial charge in [0.2, 0.25) is 0 Å². The van der Waals surface area contributed by atoms with Gasteiger partial charge in [0.1, 0.15) is 0 Å². The van der Waals surface area contributed by atoms with Crippen LogP contribution >= 0.6 is 0 Å². The van der Waals surface area contributed by atoms with Gasteiger partial charge in [0.05, 0.1) is 0 Å². The number of allylic oxidation sites excluding steroid dienone is 5. The van der Waals surface area contributed by atoms with Crippen LogP contribution in [0.25, 0.3) is 6.08 Å². The molecular weight excluding hydrogens is 527 g/mol. The van der Waals surface area contributed by atoms with Crippen LogP contribution in [-0.2, 0) is 28.6 Å². The Balaban J connectivity index is 2.27. The second-order valence-electron chi connectivity index (χ2n) is 21.0. The molecule has 3 aliphatic rings. The van der Waals surface area contributed by atoms with E-state index < -0.39 is 12.6 Å². The van der Waals surface area contributed by atoms with E-state index in [1.165, 1.54) is 35.4 Å². The van der Waals surface area contributed by atoms with E-state index in [-0.39, 0.29) is 3.17 Å². The molecule has 167 valence electrons. The van der Waals surface area contributed by atoms with Crippen molar-refractivity contribution in [3.63, 3.8) is 0 Å². The SMILES string of the molecule is C[CH2][Hf]([CH3])([CH3])([CH3])([CH3])([CH3])([CH3])([CH]1C=CC=C1)[C]1(CC(C)C)C=Cc2cc3c(cc21)CCC3. The maximum absolute atomic E-state index is 5.67. The molecule has 0 spiro atoms. The Kier molecular flexibility index (Phi) is 3.03. The third kappa shape index (κ3) is 2.17. The van der Waals surface area contributed by atoms with Crippen LogP contribution < -0.4 is 0 Å². The van der Waals surface area contributed by atoms with E-state index in [4.69, 9.17) is 0 Å². The Bertz CT molecular complexity index is 1120. The van der Waals surface area contributed by atoms with Crippen molar-refractivity contribution < 1.29 is 12.6 Å². The van der Waals surface area contributed by atoms with E-state index in [1.54, 1.807) is 16.7 Å². The first-order valence-electron chi connectivity index (χ1n) is 12.7. The van der Waals surface area contributed by atoms with Crippen molar-refractivity contribution in [2.75, 3.05) is 0 Å². The van der Waals surface area contributed by atoms with Crippen molar-refractivity contribution in [3.8, 4) is 0 Å². The standard InChI is InChI=1S/C16H19.C5H5.C2H5.6CH3.Hf/c1-11(2)8-14-6-7-15-9-12-4-3-5-13(12)10-16(14)15;1-2-4-5-3-1;1-2;;;;;;;/h6-7,9-11H,3-5,8H2,1-2H3;1-5H;1H2,2H3;6*1H3;. The number of aryl methyl sites for hydroxylation is 2.